The van der Waals surface area contributed by atoms with Crippen LogP contribution in [-0.4, -0.2) is 39.7 Å². The number of rotatable bonds is 5. The van der Waals surface area contributed by atoms with Gasteiger partial charge in [0.1, 0.15) is 5.60 Å². The molecule has 1 aromatic rings. The molecule has 1 aromatic heterocycles. The molecule has 114 valence electrons. The van der Waals surface area contributed by atoms with E-state index < -0.39 is 17.1 Å². The van der Waals surface area contributed by atoms with Crippen molar-refractivity contribution in [2.24, 2.45) is 12.5 Å². The number of hydrogen-bond acceptors (Lipinski definition) is 4. The Morgan fingerprint density at radius 3 is 2.55 bits per heavy atom. The Kier molecular flexibility index (Phi) is 5.16. The number of nitrogens with zero attached hydrogens (tertiary/aromatic N) is 2. The first kappa shape index (κ1) is 16.5. The first-order chi connectivity index (χ1) is 9.13. The summed E-state index contributed by atoms with van der Waals surface area (Å²) in [6.07, 6.45) is 1.97. The van der Waals surface area contributed by atoms with Crippen LogP contribution in [0.5, 0.6) is 0 Å². The molecule has 0 saturated heterocycles. The van der Waals surface area contributed by atoms with E-state index in [-0.39, 0.29) is 6.61 Å². The van der Waals surface area contributed by atoms with Gasteiger partial charge in [0.2, 0.25) is 0 Å². The van der Waals surface area contributed by atoms with E-state index in [9.17, 15) is 9.90 Å². The molecular weight excluding hydrogens is 258 g/mol. The van der Waals surface area contributed by atoms with Crippen molar-refractivity contribution in [1.82, 2.24) is 15.1 Å². The zero-order chi connectivity index (χ0) is 15.4. The smallest absolute Gasteiger partial charge is 0.407 e. The Hall–Kier alpha value is -1.56. The number of carbonyl (C=O) groups is 1. The van der Waals surface area contributed by atoms with E-state index in [1.165, 1.54) is 0 Å². The number of carbonyl (C=O) groups excluding carboxylic acids is 1. The van der Waals surface area contributed by atoms with E-state index in [4.69, 9.17) is 4.74 Å². The normalized spacial score (nSPS) is 14.7. The Balaban J connectivity index is 2.55. The van der Waals surface area contributed by atoms with Gasteiger partial charge in [-0.1, -0.05) is 6.92 Å². The van der Waals surface area contributed by atoms with Gasteiger partial charge in [0, 0.05) is 31.6 Å². The Morgan fingerprint density at radius 1 is 1.45 bits per heavy atom. The van der Waals surface area contributed by atoms with Crippen molar-refractivity contribution >= 4 is 6.09 Å². The number of aryl methyl sites for hydroxylation is 1. The summed E-state index contributed by atoms with van der Waals surface area (Å²) in [4.78, 5) is 11.6. The third-order valence-electron chi connectivity index (χ3n) is 2.82. The van der Waals surface area contributed by atoms with Gasteiger partial charge in [-0.15, -0.1) is 0 Å². The average Bonchev–Trinajstić information content (AvgIpc) is 2.70. The number of amides is 1. The van der Waals surface area contributed by atoms with Gasteiger partial charge in [-0.2, -0.15) is 5.10 Å². The number of alkyl carbamates (subject to hydrolysis) is 1. The number of ether oxygens (including phenoxy) is 1. The fourth-order valence-corrected chi connectivity index (χ4v) is 1.77. The summed E-state index contributed by atoms with van der Waals surface area (Å²) in [5, 5.41) is 16.6. The van der Waals surface area contributed by atoms with Crippen molar-refractivity contribution in [3.8, 4) is 0 Å². The molecule has 1 unspecified atom stereocenters. The van der Waals surface area contributed by atoms with Crippen LogP contribution in [0.1, 0.15) is 33.4 Å². The second-order valence-corrected chi connectivity index (χ2v) is 6.48. The maximum absolute atomic E-state index is 11.6. The van der Waals surface area contributed by atoms with E-state index in [1.807, 2.05) is 47.0 Å². The lowest BCUT2D eigenvalue weighted by Crippen LogP contribution is -2.41. The third kappa shape index (κ3) is 5.61. The third-order valence-corrected chi connectivity index (χ3v) is 2.82. The van der Waals surface area contributed by atoms with Crippen molar-refractivity contribution in [2.75, 3.05) is 13.2 Å². The minimum Gasteiger partial charge on any atom is -0.444 e. The summed E-state index contributed by atoms with van der Waals surface area (Å²) < 4.78 is 6.90. The molecule has 1 atom stereocenters. The zero-order valence-corrected chi connectivity index (χ0v) is 12.9. The van der Waals surface area contributed by atoms with Crippen molar-refractivity contribution in [3.05, 3.63) is 18.0 Å². The summed E-state index contributed by atoms with van der Waals surface area (Å²) in [5.41, 5.74) is -0.110. The largest absolute Gasteiger partial charge is 0.444 e. The van der Waals surface area contributed by atoms with Crippen LogP contribution in [-0.2, 0) is 18.2 Å². The van der Waals surface area contributed by atoms with E-state index in [0.717, 1.165) is 5.69 Å². The lowest BCUT2D eigenvalue weighted by atomic mass is 9.86. The molecule has 0 bridgehead atoms. The predicted octanol–water partition coefficient (Wildman–Crippen LogP) is 1.49. The Labute approximate surface area is 120 Å². The van der Waals surface area contributed by atoms with Crippen LogP contribution in [0.2, 0.25) is 0 Å². The van der Waals surface area contributed by atoms with Crippen LogP contribution in [0.3, 0.4) is 0 Å². The monoisotopic (exact) mass is 283 g/mol. The summed E-state index contributed by atoms with van der Waals surface area (Å²) in [7, 11) is 1.85. The molecule has 2 N–H and O–H groups in total. The molecule has 0 aromatic carbocycles. The van der Waals surface area contributed by atoms with Crippen LogP contribution in [0.25, 0.3) is 0 Å². The van der Waals surface area contributed by atoms with Gasteiger partial charge >= 0.3 is 6.09 Å². The lowest BCUT2D eigenvalue weighted by molar-refractivity contribution is 0.0477. The molecule has 20 heavy (non-hydrogen) atoms. The van der Waals surface area contributed by atoms with Gasteiger partial charge < -0.3 is 15.2 Å². The number of aliphatic hydroxyl groups excluding tert-OH is 1. The van der Waals surface area contributed by atoms with E-state index in [0.29, 0.717) is 13.0 Å². The molecule has 0 radical (unpaired) electrons. The van der Waals surface area contributed by atoms with Gasteiger partial charge in [-0.05, 0) is 26.8 Å². The number of hydrogen-bond donors (Lipinski definition) is 2. The van der Waals surface area contributed by atoms with Crippen molar-refractivity contribution in [3.63, 3.8) is 0 Å². The second-order valence-electron chi connectivity index (χ2n) is 6.48. The average molecular weight is 283 g/mol. The summed E-state index contributed by atoms with van der Waals surface area (Å²) in [5.74, 6) is 0. The molecule has 1 amide bonds. The highest BCUT2D eigenvalue weighted by molar-refractivity contribution is 5.67. The van der Waals surface area contributed by atoms with Crippen LogP contribution in [0, 0.1) is 5.41 Å². The number of aliphatic hydroxyl groups is 1. The van der Waals surface area contributed by atoms with E-state index in [1.54, 1.807) is 4.68 Å². The molecule has 1 heterocycles. The molecule has 0 aliphatic heterocycles. The topological polar surface area (TPSA) is 76.4 Å². The lowest BCUT2D eigenvalue weighted by Gasteiger charge is -2.28. The first-order valence-corrected chi connectivity index (χ1v) is 6.70. The molecule has 1 rings (SSSR count). The Morgan fingerprint density at radius 2 is 2.10 bits per heavy atom. The van der Waals surface area contributed by atoms with Crippen molar-refractivity contribution in [2.45, 2.75) is 39.7 Å². The maximum atomic E-state index is 11.6. The van der Waals surface area contributed by atoms with E-state index in [2.05, 4.69) is 10.4 Å². The number of nitrogens with one attached hydrogen (secondary N) is 1. The molecule has 0 fully saturated rings. The van der Waals surface area contributed by atoms with Crippen LogP contribution in [0.15, 0.2) is 12.3 Å². The molecule has 6 heteroatoms. The molecular formula is C14H25N3O3. The minimum absolute atomic E-state index is 0.0423. The highest BCUT2D eigenvalue weighted by Crippen LogP contribution is 2.20. The second kappa shape index (κ2) is 6.26. The summed E-state index contributed by atoms with van der Waals surface area (Å²) >= 11 is 0. The highest BCUT2D eigenvalue weighted by atomic mass is 16.6. The fraction of sp³-hybridized carbons (Fsp3) is 0.714. The van der Waals surface area contributed by atoms with Crippen LogP contribution < -0.4 is 5.32 Å². The highest BCUT2D eigenvalue weighted by Gasteiger charge is 2.27. The van der Waals surface area contributed by atoms with Crippen LogP contribution >= 0.6 is 0 Å². The molecule has 0 saturated carbocycles. The van der Waals surface area contributed by atoms with E-state index >= 15 is 0 Å². The predicted molar refractivity (Wildman–Crippen MR) is 76.3 cm³/mol. The SMILES string of the molecule is Cn1ccc(CC(C)(CO)CNC(=O)OC(C)(C)C)n1. The maximum Gasteiger partial charge on any atom is 0.407 e. The first-order valence-electron chi connectivity index (χ1n) is 6.70. The van der Waals surface area contributed by atoms with Gasteiger partial charge in [0.05, 0.1) is 12.3 Å². The van der Waals surface area contributed by atoms with Gasteiger partial charge in [0.25, 0.3) is 0 Å². The standard InChI is InChI=1S/C14H25N3O3/c1-13(2,3)20-12(19)15-9-14(4,10-18)8-11-6-7-17(5)16-11/h6-7,18H,8-10H2,1-5H3,(H,15,19). The summed E-state index contributed by atoms with van der Waals surface area (Å²) in [6.45, 7) is 7.62. The van der Waals surface area contributed by atoms with Crippen LogP contribution in [0.4, 0.5) is 4.79 Å². The van der Waals surface area contributed by atoms with Gasteiger partial charge in [0.15, 0.2) is 0 Å². The zero-order valence-electron chi connectivity index (χ0n) is 12.9. The molecule has 6 nitrogen and oxygen atoms in total. The fourth-order valence-electron chi connectivity index (χ4n) is 1.77. The van der Waals surface area contributed by atoms with Crippen molar-refractivity contribution < 1.29 is 14.6 Å². The molecule has 0 aliphatic carbocycles. The van der Waals surface area contributed by atoms with Gasteiger partial charge in [-0.3, -0.25) is 4.68 Å². The quantitative estimate of drug-likeness (QED) is 0.858. The van der Waals surface area contributed by atoms with Gasteiger partial charge in [-0.25, -0.2) is 4.79 Å². The minimum atomic E-state index is -0.527. The number of aromatic nitrogens is 2. The summed E-state index contributed by atoms with van der Waals surface area (Å²) in [6, 6.07) is 1.90. The molecule has 0 spiro atoms. The Bertz CT molecular complexity index is 451. The van der Waals surface area contributed by atoms with Crippen molar-refractivity contribution in [1.29, 1.82) is 0 Å². The molecule has 0 aliphatic rings.